The van der Waals surface area contributed by atoms with Crippen LogP contribution in [0, 0.1) is 11.3 Å². The van der Waals surface area contributed by atoms with Crippen LogP contribution in [0.15, 0.2) is 47.1 Å². The van der Waals surface area contributed by atoms with Crippen molar-refractivity contribution in [3.63, 3.8) is 0 Å². The number of nitrogens with zero attached hydrogens (tertiary/aromatic N) is 2. The summed E-state index contributed by atoms with van der Waals surface area (Å²) in [5.41, 5.74) is 0. The van der Waals surface area contributed by atoms with Crippen LogP contribution < -0.4 is 9.47 Å². The predicted octanol–water partition coefficient (Wildman–Crippen LogP) is 2.61. The van der Waals surface area contributed by atoms with Gasteiger partial charge in [-0.25, -0.2) is 0 Å². The predicted molar refractivity (Wildman–Crippen MR) is 82.8 cm³/mol. The van der Waals surface area contributed by atoms with Gasteiger partial charge in [0.25, 0.3) is 5.91 Å². The van der Waals surface area contributed by atoms with Crippen LogP contribution in [0.5, 0.6) is 11.5 Å². The fourth-order valence-electron chi connectivity index (χ4n) is 1.98. The molecule has 0 bridgehead atoms. The fourth-order valence-corrected chi connectivity index (χ4v) is 1.98. The van der Waals surface area contributed by atoms with E-state index >= 15 is 0 Å². The van der Waals surface area contributed by atoms with E-state index in [1.165, 1.54) is 0 Å². The molecule has 1 amide bonds. The second kappa shape index (κ2) is 8.49. The van der Waals surface area contributed by atoms with Gasteiger partial charge in [-0.05, 0) is 36.4 Å². The van der Waals surface area contributed by atoms with Crippen LogP contribution in [0.25, 0.3) is 0 Å². The molecule has 0 saturated carbocycles. The number of furan rings is 1. The zero-order valence-corrected chi connectivity index (χ0v) is 12.9. The Labute approximate surface area is 134 Å². The van der Waals surface area contributed by atoms with Crippen molar-refractivity contribution < 1.29 is 18.7 Å². The first-order valence-electron chi connectivity index (χ1n) is 7.17. The van der Waals surface area contributed by atoms with Gasteiger partial charge in [0.1, 0.15) is 17.3 Å². The summed E-state index contributed by atoms with van der Waals surface area (Å²) in [6, 6.07) is 12.6. The summed E-state index contributed by atoms with van der Waals surface area (Å²) in [5, 5.41) is 8.73. The molecule has 0 spiro atoms. The normalized spacial score (nSPS) is 9.91. The molecule has 0 radical (unpaired) electrons. The number of amides is 1. The first kappa shape index (κ1) is 16.4. The Morgan fingerprint density at radius 2 is 2.00 bits per heavy atom. The topological polar surface area (TPSA) is 75.7 Å². The minimum atomic E-state index is -0.201. The van der Waals surface area contributed by atoms with E-state index in [0.717, 1.165) is 5.75 Å². The van der Waals surface area contributed by atoms with Crippen molar-refractivity contribution in [3.05, 3.63) is 48.4 Å². The summed E-state index contributed by atoms with van der Waals surface area (Å²) < 4.78 is 15.8. The molecule has 2 rings (SSSR count). The van der Waals surface area contributed by atoms with E-state index in [4.69, 9.17) is 19.2 Å². The third kappa shape index (κ3) is 5.08. The number of carbonyl (C=O) groups excluding carboxylic acids is 1. The van der Waals surface area contributed by atoms with E-state index in [-0.39, 0.29) is 18.9 Å². The van der Waals surface area contributed by atoms with E-state index in [2.05, 4.69) is 0 Å². The smallest absolute Gasteiger partial charge is 0.260 e. The number of rotatable bonds is 8. The summed E-state index contributed by atoms with van der Waals surface area (Å²) in [7, 11) is 1.58. The lowest BCUT2D eigenvalue weighted by Crippen LogP contribution is -2.35. The Bertz CT molecular complexity index is 644. The van der Waals surface area contributed by atoms with E-state index in [0.29, 0.717) is 24.6 Å². The molecule has 0 atom stereocenters. The molecule has 0 aliphatic rings. The molecule has 6 nitrogen and oxygen atoms in total. The van der Waals surface area contributed by atoms with Crippen molar-refractivity contribution in [1.29, 1.82) is 5.26 Å². The number of methoxy groups -OCH3 is 1. The molecule has 1 aromatic carbocycles. The highest BCUT2D eigenvalue weighted by Crippen LogP contribution is 2.17. The van der Waals surface area contributed by atoms with Crippen molar-refractivity contribution in [3.8, 4) is 17.6 Å². The molecule has 0 saturated heterocycles. The lowest BCUT2D eigenvalue weighted by Gasteiger charge is -2.20. The SMILES string of the molecule is COc1ccc(OCC(=O)N(CCC#N)Cc2ccco2)cc1. The molecule has 0 N–H and O–H groups in total. The maximum Gasteiger partial charge on any atom is 0.260 e. The molecule has 0 fully saturated rings. The molecule has 23 heavy (non-hydrogen) atoms. The Kier molecular flexibility index (Phi) is 6.07. The van der Waals surface area contributed by atoms with Gasteiger partial charge in [-0.1, -0.05) is 0 Å². The molecule has 2 aromatic rings. The average molecular weight is 314 g/mol. The molecular weight excluding hydrogens is 296 g/mol. The van der Waals surface area contributed by atoms with Crippen molar-refractivity contribution in [2.24, 2.45) is 0 Å². The van der Waals surface area contributed by atoms with Crippen LogP contribution >= 0.6 is 0 Å². The quantitative estimate of drug-likeness (QED) is 0.748. The number of carbonyl (C=O) groups is 1. The van der Waals surface area contributed by atoms with Crippen molar-refractivity contribution in [2.45, 2.75) is 13.0 Å². The van der Waals surface area contributed by atoms with Gasteiger partial charge in [0.15, 0.2) is 6.61 Å². The Hall–Kier alpha value is -2.94. The largest absolute Gasteiger partial charge is 0.497 e. The third-order valence-corrected chi connectivity index (χ3v) is 3.19. The Morgan fingerprint density at radius 1 is 1.26 bits per heavy atom. The van der Waals surface area contributed by atoms with Gasteiger partial charge in [-0.2, -0.15) is 5.26 Å². The summed E-state index contributed by atoms with van der Waals surface area (Å²) >= 11 is 0. The van der Waals surface area contributed by atoms with Crippen LogP contribution in [0.1, 0.15) is 12.2 Å². The molecule has 6 heteroatoms. The van der Waals surface area contributed by atoms with Crippen molar-refractivity contribution in [2.75, 3.05) is 20.3 Å². The monoisotopic (exact) mass is 314 g/mol. The Balaban J connectivity index is 1.92. The van der Waals surface area contributed by atoms with Crippen LogP contribution in [0.4, 0.5) is 0 Å². The molecule has 120 valence electrons. The maximum absolute atomic E-state index is 12.3. The minimum Gasteiger partial charge on any atom is -0.497 e. The van der Waals surface area contributed by atoms with Gasteiger partial charge in [-0.3, -0.25) is 4.79 Å². The standard InChI is InChI=1S/C17H18N2O4/c1-21-14-5-7-15(8-6-14)23-13-17(20)19(10-3-9-18)12-16-4-2-11-22-16/h2,4-8,11H,3,10,12-13H2,1H3. The van der Waals surface area contributed by atoms with Crippen molar-refractivity contribution >= 4 is 5.91 Å². The van der Waals surface area contributed by atoms with Gasteiger partial charge >= 0.3 is 0 Å². The number of ether oxygens (including phenoxy) is 2. The minimum absolute atomic E-state index is 0.0987. The lowest BCUT2D eigenvalue weighted by atomic mass is 10.3. The van der Waals surface area contributed by atoms with Crippen LogP contribution in [-0.2, 0) is 11.3 Å². The fraction of sp³-hybridized carbons (Fsp3) is 0.294. The van der Waals surface area contributed by atoms with Gasteiger partial charge < -0.3 is 18.8 Å². The maximum atomic E-state index is 12.3. The van der Waals surface area contributed by atoms with Crippen LogP contribution in [-0.4, -0.2) is 31.1 Å². The number of benzene rings is 1. The second-order valence-corrected chi connectivity index (χ2v) is 4.77. The number of hydrogen-bond acceptors (Lipinski definition) is 5. The van der Waals surface area contributed by atoms with Gasteiger partial charge in [0, 0.05) is 6.54 Å². The summed E-state index contributed by atoms with van der Waals surface area (Å²) in [4.78, 5) is 13.8. The van der Waals surface area contributed by atoms with Crippen LogP contribution in [0.3, 0.4) is 0 Å². The summed E-state index contributed by atoms with van der Waals surface area (Å²) in [6.07, 6.45) is 1.81. The zero-order chi connectivity index (χ0) is 16.5. The highest BCUT2D eigenvalue weighted by atomic mass is 16.5. The van der Waals surface area contributed by atoms with E-state index in [1.807, 2.05) is 6.07 Å². The van der Waals surface area contributed by atoms with Gasteiger partial charge in [-0.15, -0.1) is 0 Å². The van der Waals surface area contributed by atoms with Gasteiger partial charge in [0.2, 0.25) is 0 Å². The van der Waals surface area contributed by atoms with E-state index < -0.39 is 0 Å². The Morgan fingerprint density at radius 3 is 2.61 bits per heavy atom. The molecule has 1 aromatic heterocycles. The molecule has 0 aliphatic carbocycles. The summed E-state index contributed by atoms with van der Waals surface area (Å²) in [5.74, 6) is 1.77. The first-order valence-corrected chi connectivity index (χ1v) is 7.17. The van der Waals surface area contributed by atoms with Crippen molar-refractivity contribution in [1.82, 2.24) is 4.90 Å². The van der Waals surface area contributed by atoms with Crippen LogP contribution in [0.2, 0.25) is 0 Å². The second-order valence-electron chi connectivity index (χ2n) is 4.77. The van der Waals surface area contributed by atoms with E-state index in [1.54, 1.807) is 54.7 Å². The molecule has 1 heterocycles. The first-order chi connectivity index (χ1) is 11.2. The average Bonchev–Trinajstić information content (AvgIpc) is 3.10. The highest BCUT2D eigenvalue weighted by molar-refractivity contribution is 5.77. The number of nitriles is 1. The molecular formula is C17H18N2O4. The lowest BCUT2D eigenvalue weighted by molar-refractivity contribution is -0.134. The third-order valence-electron chi connectivity index (χ3n) is 3.19. The zero-order valence-electron chi connectivity index (χ0n) is 12.9. The van der Waals surface area contributed by atoms with Gasteiger partial charge in [0.05, 0.1) is 32.4 Å². The highest BCUT2D eigenvalue weighted by Gasteiger charge is 2.15. The molecule has 0 aliphatic heterocycles. The summed E-state index contributed by atoms with van der Waals surface area (Å²) in [6.45, 7) is 0.556. The number of hydrogen-bond donors (Lipinski definition) is 0. The van der Waals surface area contributed by atoms with E-state index in [9.17, 15) is 4.79 Å². The molecule has 0 unspecified atom stereocenters.